The minimum Gasteiger partial charge on any atom is -0.493 e. The van der Waals surface area contributed by atoms with Gasteiger partial charge in [-0.3, -0.25) is 9.13 Å². The minimum absolute atomic E-state index is 0. The number of nitrogens with one attached hydrogen (secondary N) is 1. The van der Waals surface area contributed by atoms with Crippen LogP contribution in [0, 0.1) is 0 Å². The first-order valence-corrected chi connectivity index (χ1v) is 10.7. The third-order valence-corrected chi connectivity index (χ3v) is 5.87. The Labute approximate surface area is 200 Å². The van der Waals surface area contributed by atoms with Crippen molar-refractivity contribution in [1.29, 1.82) is 0 Å². The molecule has 1 heterocycles. The highest BCUT2D eigenvalue weighted by atomic mass is 35.5. The second-order valence-corrected chi connectivity index (χ2v) is 8.01. The van der Waals surface area contributed by atoms with Crippen LogP contribution in [-0.4, -0.2) is 16.2 Å². The Balaban J connectivity index is 0.00000306. The van der Waals surface area contributed by atoms with Gasteiger partial charge in [0.25, 0.3) is 0 Å². The lowest BCUT2D eigenvalue weighted by Gasteiger charge is -2.16. The van der Waals surface area contributed by atoms with E-state index in [1.54, 1.807) is 30.3 Å². The van der Waals surface area contributed by atoms with Gasteiger partial charge in [0.15, 0.2) is 11.5 Å². The molecular weight excluding hydrogens is 438 g/mol. The van der Waals surface area contributed by atoms with Crippen LogP contribution in [-0.2, 0) is 27.2 Å². The summed E-state index contributed by atoms with van der Waals surface area (Å²) in [4.78, 5) is 12.1. The zero-order valence-electron chi connectivity index (χ0n) is 19.4. The molecule has 0 aliphatic heterocycles. The Kier molecular flexibility index (Phi) is 7.84. The molecule has 0 radical (unpaired) electrons. The maximum absolute atomic E-state index is 12.1. The predicted octanol–water partition coefficient (Wildman–Crippen LogP) is 4.74. The van der Waals surface area contributed by atoms with Crippen molar-refractivity contribution in [3.63, 3.8) is 0 Å². The molecule has 0 saturated carbocycles. The highest BCUT2D eigenvalue weighted by molar-refractivity contribution is 5.85. The zero-order valence-corrected chi connectivity index (χ0v) is 20.2. The number of rotatable bonds is 8. The molecule has 0 saturated heterocycles. The van der Waals surface area contributed by atoms with E-state index in [-0.39, 0.29) is 24.1 Å². The molecule has 1 aromatic heterocycles. The Bertz CT molecular complexity index is 1280. The van der Waals surface area contributed by atoms with Gasteiger partial charge in [-0.05, 0) is 47.9 Å². The summed E-state index contributed by atoms with van der Waals surface area (Å²) < 4.78 is 14.9. The summed E-state index contributed by atoms with van der Waals surface area (Å²) in [5.74, 6) is 1.39. The molecule has 1 unspecified atom stereocenters. The van der Waals surface area contributed by atoms with Crippen LogP contribution in [0.15, 0.2) is 71.5 Å². The molecule has 0 amide bonds. The maximum Gasteiger partial charge on any atom is 0.328 e. The number of aryl methyl sites for hydroxylation is 2. The van der Waals surface area contributed by atoms with Gasteiger partial charge in [-0.25, -0.2) is 4.79 Å². The largest absolute Gasteiger partial charge is 0.493 e. The summed E-state index contributed by atoms with van der Waals surface area (Å²) in [6, 6.07) is 22.6. The molecular formula is C26H30ClN3O3. The Hall–Kier alpha value is -3.22. The average molecular weight is 468 g/mol. The molecule has 4 aromatic rings. The van der Waals surface area contributed by atoms with Crippen molar-refractivity contribution in [3.8, 4) is 11.5 Å². The number of methoxy groups -OCH3 is 1. The van der Waals surface area contributed by atoms with Crippen molar-refractivity contribution in [3.05, 3.63) is 93.9 Å². The Morgan fingerprint density at radius 1 is 0.879 bits per heavy atom. The number of hydrogen-bond acceptors (Lipinski definition) is 4. The van der Waals surface area contributed by atoms with E-state index in [4.69, 9.17) is 9.47 Å². The van der Waals surface area contributed by atoms with E-state index in [0.29, 0.717) is 18.1 Å². The number of benzene rings is 3. The molecule has 0 aliphatic carbocycles. The number of hydrogen-bond donors (Lipinski definition) is 1. The Morgan fingerprint density at radius 2 is 1.58 bits per heavy atom. The van der Waals surface area contributed by atoms with Gasteiger partial charge in [-0.15, -0.1) is 12.4 Å². The zero-order chi connectivity index (χ0) is 22.7. The molecule has 33 heavy (non-hydrogen) atoms. The monoisotopic (exact) mass is 467 g/mol. The van der Waals surface area contributed by atoms with E-state index in [1.807, 2.05) is 42.5 Å². The number of fused-ring (bicyclic) bond motifs is 1. The topological polar surface area (TPSA) is 57.4 Å². The van der Waals surface area contributed by atoms with Crippen molar-refractivity contribution in [2.24, 2.45) is 14.1 Å². The van der Waals surface area contributed by atoms with Gasteiger partial charge in [0, 0.05) is 26.7 Å². The first kappa shape index (κ1) is 24.4. The molecule has 0 spiro atoms. The van der Waals surface area contributed by atoms with Crippen molar-refractivity contribution < 1.29 is 9.47 Å². The van der Waals surface area contributed by atoms with E-state index in [2.05, 4.69) is 36.5 Å². The van der Waals surface area contributed by atoms with Crippen molar-refractivity contribution in [2.75, 3.05) is 7.11 Å². The molecule has 0 aliphatic rings. The molecule has 6 nitrogen and oxygen atoms in total. The van der Waals surface area contributed by atoms with Crippen LogP contribution in [0.5, 0.6) is 11.5 Å². The quantitative estimate of drug-likeness (QED) is 0.406. The first-order valence-electron chi connectivity index (χ1n) is 10.7. The summed E-state index contributed by atoms with van der Waals surface area (Å²) in [6.07, 6.45) is 0. The van der Waals surface area contributed by atoms with Crippen LogP contribution in [0.3, 0.4) is 0 Å². The van der Waals surface area contributed by atoms with Crippen LogP contribution in [0.4, 0.5) is 0 Å². The van der Waals surface area contributed by atoms with Gasteiger partial charge in [-0.2, -0.15) is 0 Å². The molecule has 7 heteroatoms. The molecule has 174 valence electrons. The first-order chi connectivity index (χ1) is 15.5. The van der Waals surface area contributed by atoms with E-state index in [9.17, 15) is 4.79 Å². The van der Waals surface area contributed by atoms with Gasteiger partial charge < -0.3 is 14.8 Å². The highest BCUT2D eigenvalue weighted by Crippen LogP contribution is 2.29. The molecule has 4 rings (SSSR count). The third kappa shape index (κ3) is 5.24. The second kappa shape index (κ2) is 10.6. The molecule has 0 fully saturated rings. The Morgan fingerprint density at radius 3 is 2.30 bits per heavy atom. The van der Waals surface area contributed by atoms with Gasteiger partial charge in [0.05, 0.1) is 18.1 Å². The van der Waals surface area contributed by atoms with E-state index >= 15 is 0 Å². The van der Waals surface area contributed by atoms with Gasteiger partial charge in [0.1, 0.15) is 6.61 Å². The summed E-state index contributed by atoms with van der Waals surface area (Å²) in [7, 11) is 5.21. The number of ether oxygens (including phenoxy) is 2. The number of nitrogens with zero attached hydrogens (tertiary/aromatic N) is 2. The van der Waals surface area contributed by atoms with Gasteiger partial charge in [-0.1, -0.05) is 42.5 Å². The number of halogens is 1. The van der Waals surface area contributed by atoms with Crippen LogP contribution < -0.4 is 20.5 Å². The van der Waals surface area contributed by atoms with Crippen molar-refractivity contribution >= 4 is 23.4 Å². The summed E-state index contributed by atoms with van der Waals surface area (Å²) in [5, 5.41) is 3.55. The second-order valence-electron chi connectivity index (χ2n) is 8.01. The number of imidazole rings is 1. The smallest absolute Gasteiger partial charge is 0.328 e. The standard InChI is InChI=1S/C26H29N3O3.ClH/c1-18(21-8-6-5-7-9-21)27-16-19-11-13-24(25(15-19)31-4)32-17-20-10-12-22-23(14-20)29(3)26(30)28(22)2;/h5-15,18,27H,16-17H2,1-4H3;1H. The highest BCUT2D eigenvalue weighted by Gasteiger charge is 2.11. The van der Waals surface area contributed by atoms with E-state index in [0.717, 1.165) is 28.7 Å². The summed E-state index contributed by atoms with van der Waals surface area (Å²) in [6.45, 7) is 3.27. The summed E-state index contributed by atoms with van der Waals surface area (Å²) >= 11 is 0. The minimum atomic E-state index is -0.0366. The molecule has 1 N–H and O–H groups in total. The van der Waals surface area contributed by atoms with Crippen LogP contribution in [0.1, 0.15) is 29.7 Å². The molecule has 1 atom stereocenters. The molecule has 0 bridgehead atoms. The lowest BCUT2D eigenvalue weighted by molar-refractivity contribution is 0.284. The van der Waals surface area contributed by atoms with Crippen LogP contribution in [0.2, 0.25) is 0 Å². The summed E-state index contributed by atoms with van der Waals surface area (Å²) in [5.41, 5.74) is 5.12. The molecule has 3 aromatic carbocycles. The maximum atomic E-state index is 12.1. The van der Waals surface area contributed by atoms with Gasteiger partial charge in [0.2, 0.25) is 0 Å². The fourth-order valence-corrected chi connectivity index (χ4v) is 3.87. The van der Waals surface area contributed by atoms with Crippen molar-refractivity contribution in [2.45, 2.75) is 26.1 Å². The normalized spacial score (nSPS) is 11.8. The van der Waals surface area contributed by atoms with Gasteiger partial charge >= 0.3 is 5.69 Å². The predicted molar refractivity (Wildman–Crippen MR) is 134 cm³/mol. The van der Waals surface area contributed by atoms with Crippen molar-refractivity contribution in [1.82, 2.24) is 14.5 Å². The lowest BCUT2D eigenvalue weighted by atomic mass is 10.1. The van der Waals surface area contributed by atoms with Crippen LogP contribution >= 0.6 is 12.4 Å². The lowest BCUT2D eigenvalue weighted by Crippen LogP contribution is -2.19. The van der Waals surface area contributed by atoms with E-state index < -0.39 is 0 Å². The van der Waals surface area contributed by atoms with Crippen LogP contribution in [0.25, 0.3) is 11.0 Å². The van der Waals surface area contributed by atoms with E-state index in [1.165, 1.54) is 5.56 Å². The average Bonchev–Trinajstić information content (AvgIpc) is 3.05. The fourth-order valence-electron chi connectivity index (χ4n) is 3.87. The third-order valence-electron chi connectivity index (χ3n) is 5.87. The SMILES string of the molecule is COc1cc(CNC(C)c2ccccc2)ccc1OCc1ccc2c(c1)n(C)c(=O)n2C.Cl. The fraction of sp³-hybridized carbons (Fsp3) is 0.269. The number of aromatic nitrogens is 2.